The average molecular weight is 290 g/mol. The van der Waals surface area contributed by atoms with Crippen molar-refractivity contribution in [1.29, 1.82) is 0 Å². The van der Waals surface area contributed by atoms with Gasteiger partial charge in [0.25, 0.3) is 0 Å². The van der Waals surface area contributed by atoms with Crippen LogP contribution in [0.3, 0.4) is 0 Å². The number of rotatable bonds is 6. The zero-order valence-corrected chi connectivity index (χ0v) is 13.7. The summed E-state index contributed by atoms with van der Waals surface area (Å²) in [6.45, 7) is 8.42. The Morgan fingerprint density at radius 2 is 1.95 bits per heavy atom. The molecule has 1 aromatic rings. The van der Waals surface area contributed by atoms with Crippen LogP contribution in [0.25, 0.3) is 0 Å². The van der Waals surface area contributed by atoms with Crippen LogP contribution in [-0.2, 0) is 11.3 Å². The van der Waals surface area contributed by atoms with E-state index in [4.69, 9.17) is 4.74 Å². The molecule has 118 valence electrons. The Kier molecular flexibility index (Phi) is 5.83. The smallest absolute Gasteiger partial charge is 0.0717 e. The summed E-state index contributed by atoms with van der Waals surface area (Å²) in [5.41, 5.74) is 1.15. The largest absolute Gasteiger partial charge is 0.396 e. The van der Waals surface area contributed by atoms with Gasteiger partial charge in [-0.3, -0.25) is 0 Å². The maximum absolute atomic E-state index is 10.1. The third-order valence-corrected chi connectivity index (χ3v) is 5.13. The lowest BCUT2D eigenvalue weighted by molar-refractivity contribution is -0.0834. The van der Waals surface area contributed by atoms with Gasteiger partial charge in [0.2, 0.25) is 0 Å². The third kappa shape index (κ3) is 4.08. The van der Waals surface area contributed by atoms with E-state index in [1.54, 1.807) is 0 Å². The highest BCUT2D eigenvalue weighted by Crippen LogP contribution is 2.47. The third-order valence-electron chi connectivity index (χ3n) is 5.13. The second kappa shape index (κ2) is 7.42. The van der Waals surface area contributed by atoms with Crippen molar-refractivity contribution in [3.8, 4) is 0 Å². The van der Waals surface area contributed by atoms with Gasteiger partial charge in [0.15, 0.2) is 0 Å². The van der Waals surface area contributed by atoms with Crippen LogP contribution < -0.4 is 0 Å². The second-order valence-corrected chi connectivity index (χ2v) is 7.24. The van der Waals surface area contributed by atoms with Crippen molar-refractivity contribution in [2.45, 2.75) is 46.6 Å². The zero-order chi connectivity index (χ0) is 15.3. The molecule has 21 heavy (non-hydrogen) atoms. The predicted octanol–water partition coefficient (Wildman–Crippen LogP) is 4.27. The molecule has 1 aromatic carbocycles. The summed E-state index contributed by atoms with van der Waals surface area (Å²) in [5, 5.41) is 10.1. The lowest BCUT2D eigenvalue weighted by Gasteiger charge is -2.47. The molecule has 0 aliphatic heterocycles. The molecule has 0 spiro atoms. The molecular formula is C19H30O2. The Morgan fingerprint density at radius 3 is 2.57 bits per heavy atom. The molecule has 2 heteroatoms. The number of aliphatic hydroxyl groups is 1. The molecule has 2 rings (SSSR count). The van der Waals surface area contributed by atoms with E-state index in [0.29, 0.717) is 31.0 Å². The van der Waals surface area contributed by atoms with E-state index in [0.717, 1.165) is 6.42 Å². The lowest BCUT2D eigenvalue weighted by atomic mass is 9.60. The molecule has 0 amide bonds. The first-order valence-corrected chi connectivity index (χ1v) is 8.30. The molecule has 2 unspecified atom stereocenters. The summed E-state index contributed by atoms with van der Waals surface area (Å²) in [7, 11) is 0. The Bertz CT molecular complexity index is 415. The summed E-state index contributed by atoms with van der Waals surface area (Å²) in [6.07, 6.45) is 3.58. The second-order valence-electron chi connectivity index (χ2n) is 7.24. The van der Waals surface area contributed by atoms with Gasteiger partial charge >= 0.3 is 0 Å². The van der Waals surface area contributed by atoms with E-state index in [2.05, 4.69) is 32.9 Å². The van der Waals surface area contributed by atoms with E-state index in [1.807, 2.05) is 18.2 Å². The number of hydrogen-bond donors (Lipinski definition) is 1. The average Bonchev–Trinajstić information content (AvgIpc) is 2.48. The first-order valence-electron chi connectivity index (χ1n) is 8.30. The highest BCUT2D eigenvalue weighted by Gasteiger charge is 2.44. The number of ether oxygens (including phenoxy) is 1. The Balaban J connectivity index is 2.00. The van der Waals surface area contributed by atoms with Crippen molar-refractivity contribution in [1.82, 2.24) is 0 Å². The highest BCUT2D eigenvalue weighted by molar-refractivity contribution is 5.13. The minimum absolute atomic E-state index is 0.0549. The van der Waals surface area contributed by atoms with Crippen molar-refractivity contribution in [2.24, 2.45) is 23.2 Å². The molecule has 1 fully saturated rings. The van der Waals surface area contributed by atoms with Crippen molar-refractivity contribution in [3.63, 3.8) is 0 Å². The molecule has 1 saturated carbocycles. The number of hydrogen-bond acceptors (Lipinski definition) is 2. The first kappa shape index (κ1) is 16.5. The normalized spacial score (nSPS) is 29.8. The van der Waals surface area contributed by atoms with Gasteiger partial charge in [0, 0.05) is 5.41 Å². The molecule has 2 nitrogen and oxygen atoms in total. The molecule has 0 heterocycles. The van der Waals surface area contributed by atoms with Gasteiger partial charge in [-0.25, -0.2) is 0 Å². The van der Waals surface area contributed by atoms with E-state index >= 15 is 0 Å². The Labute approximate surface area is 129 Å². The number of benzene rings is 1. The highest BCUT2D eigenvalue weighted by atomic mass is 16.5. The standard InChI is InChI=1S/C19H30O2/c1-15(2)18-10-9-16(3)11-19(18,13-20)14-21-12-17-7-5-4-6-8-17/h4-8,15-16,18,20H,9-14H2,1-3H3/t16-,18?,19?/m1/s1. The molecule has 0 aromatic heterocycles. The summed E-state index contributed by atoms with van der Waals surface area (Å²) in [6, 6.07) is 10.3. The minimum atomic E-state index is -0.0549. The predicted molar refractivity (Wildman–Crippen MR) is 87.0 cm³/mol. The van der Waals surface area contributed by atoms with Crippen molar-refractivity contribution >= 4 is 0 Å². The van der Waals surface area contributed by atoms with E-state index in [1.165, 1.54) is 18.4 Å². The van der Waals surface area contributed by atoms with Gasteiger partial charge in [-0.2, -0.15) is 0 Å². The SMILES string of the molecule is CC(C)C1CC[C@@H](C)CC1(CO)COCc1ccccc1. The van der Waals surface area contributed by atoms with Gasteiger partial charge in [0.05, 0.1) is 19.8 Å². The lowest BCUT2D eigenvalue weighted by Crippen LogP contribution is -2.45. The Hall–Kier alpha value is -0.860. The zero-order valence-electron chi connectivity index (χ0n) is 13.7. The molecule has 1 aliphatic carbocycles. The molecule has 1 aliphatic rings. The fraction of sp³-hybridized carbons (Fsp3) is 0.684. The van der Waals surface area contributed by atoms with Crippen LogP contribution in [0.15, 0.2) is 30.3 Å². The first-order chi connectivity index (χ1) is 10.1. The van der Waals surface area contributed by atoms with Crippen LogP contribution in [-0.4, -0.2) is 18.3 Å². The monoisotopic (exact) mass is 290 g/mol. The van der Waals surface area contributed by atoms with Crippen LogP contribution in [0, 0.1) is 23.2 Å². The summed E-state index contributed by atoms with van der Waals surface area (Å²) < 4.78 is 6.02. The van der Waals surface area contributed by atoms with Crippen LogP contribution in [0.4, 0.5) is 0 Å². The minimum Gasteiger partial charge on any atom is -0.396 e. The maximum Gasteiger partial charge on any atom is 0.0717 e. The topological polar surface area (TPSA) is 29.5 Å². The van der Waals surface area contributed by atoms with Crippen molar-refractivity contribution in [3.05, 3.63) is 35.9 Å². The quantitative estimate of drug-likeness (QED) is 0.847. The van der Waals surface area contributed by atoms with Crippen LogP contribution in [0.5, 0.6) is 0 Å². The maximum atomic E-state index is 10.1. The molecule has 0 saturated heterocycles. The van der Waals surface area contributed by atoms with Gasteiger partial charge in [-0.15, -0.1) is 0 Å². The van der Waals surface area contributed by atoms with Crippen molar-refractivity contribution < 1.29 is 9.84 Å². The molecule has 0 bridgehead atoms. The van der Waals surface area contributed by atoms with Crippen LogP contribution >= 0.6 is 0 Å². The summed E-state index contributed by atoms with van der Waals surface area (Å²) in [5.74, 6) is 1.85. The van der Waals surface area contributed by atoms with Gasteiger partial charge in [-0.1, -0.05) is 57.5 Å². The van der Waals surface area contributed by atoms with E-state index < -0.39 is 0 Å². The van der Waals surface area contributed by atoms with Gasteiger partial charge in [-0.05, 0) is 36.2 Å². The molecule has 0 radical (unpaired) electrons. The summed E-state index contributed by atoms with van der Waals surface area (Å²) >= 11 is 0. The van der Waals surface area contributed by atoms with Gasteiger partial charge in [0.1, 0.15) is 0 Å². The summed E-state index contributed by atoms with van der Waals surface area (Å²) in [4.78, 5) is 0. The van der Waals surface area contributed by atoms with Crippen LogP contribution in [0.1, 0.15) is 45.6 Å². The fourth-order valence-corrected chi connectivity index (χ4v) is 4.10. The van der Waals surface area contributed by atoms with Crippen LogP contribution in [0.2, 0.25) is 0 Å². The number of aliphatic hydroxyl groups excluding tert-OH is 1. The van der Waals surface area contributed by atoms with E-state index in [-0.39, 0.29) is 12.0 Å². The molecule has 1 N–H and O–H groups in total. The van der Waals surface area contributed by atoms with Gasteiger partial charge < -0.3 is 9.84 Å². The Morgan fingerprint density at radius 1 is 1.24 bits per heavy atom. The molecular weight excluding hydrogens is 260 g/mol. The van der Waals surface area contributed by atoms with Crippen molar-refractivity contribution in [2.75, 3.05) is 13.2 Å². The molecule has 3 atom stereocenters. The van der Waals surface area contributed by atoms with E-state index in [9.17, 15) is 5.11 Å². The fourth-order valence-electron chi connectivity index (χ4n) is 4.10.